The van der Waals surface area contributed by atoms with E-state index in [9.17, 15) is 4.79 Å². The zero-order valence-electron chi connectivity index (χ0n) is 19.6. The third kappa shape index (κ3) is 9.06. The summed E-state index contributed by atoms with van der Waals surface area (Å²) in [6.07, 6.45) is -0.212. The lowest BCUT2D eigenvalue weighted by Gasteiger charge is -2.35. The first-order valence-corrected chi connectivity index (χ1v) is 11.3. The van der Waals surface area contributed by atoms with Gasteiger partial charge in [0.05, 0.1) is 19.8 Å². The Balaban J connectivity index is 1.68. The van der Waals surface area contributed by atoms with Crippen LogP contribution in [0.25, 0.3) is 0 Å². The first-order chi connectivity index (χ1) is 14.3. The summed E-state index contributed by atoms with van der Waals surface area (Å²) in [6.45, 7) is 20.1. The molecule has 0 aromatic carbocycles. The number of piperazine rings is 1. The number of ether oxygens (including phenoxy) is 2. The molecule has 2 fully saturated rings. The SMILES string of the molecule is CCNC(=NCC(C)N1CCOCC1)NCCN1CCN(C(=O)OC(C)(C)C)CC1. The van der Waals surface area contributed by atoms with Crippen molar-refractivity contribution < 1.29 is 14.3 Å². The second-order valence-corrected chi connectivity index (χ2v) is 8.95. The van der Waals surface area contributed by atoms with Gasteiger partial charge in [-0.25, -0.2) is 4.79 Å². The average molecular weight is 427 g/mol. The smallest absolute Gasteiger partial charge is 0.410 e. The molecule has 2 N–H and O–H groups in total. The Morgan fingerprint density at radius 1 is 1.10 bits per heavy atom. The normalized spacial score (nSPS) is 20.7. The molecule has 2 aliphatic heterocycles. The van der Waals surface area contributed by atoms with Crippen molar-refractivity contribution in [1.29, 1.82) is 0 Å². The molecule has 0 aromatic rings. The number of rotatable bonds is 7. The topological polar surface area (TPSA) is 81.7 Å². The van der Waals surface area contributed by atoms with Crippen LogP contribution in [-0.2, 0) is 9.47 Å². The van der Waals surface area contributed by atoms with Crippen LogP contribution in [0.5, 0.6) is 0 Å². The third-order valence-corrected chi connectivity index (χ3v) is 5.27. The zero-order valence-corrected chi connectivity index (χ0v) is 19.6. The Kier molecular flexibility index (Phi) is 10.1. The number of carbonyl (C=O) groups excluding carboxylic acids is 1. The number of aliphatic imine (C=N–C) groups is 1. The predicted molar refractivity (Wildman–Crippen MR) is 120 cm³/mol. The lowest BCUT2D eigenvalue weighted by molar-refractivity contribution is 0.0147. The second-order valence-electron chi connectivity index (χ2n) is 8.95. The van der Waals surface area contributed by atoms with Crippen LogP contribution in [0.2, 0.25) is 0 Å². The first kappa shape index (κ1) is 24.7. The molecule has 2 rings (SSSR count). The lowest BCUT2D eigenvalue weighted by Crippen LogP contribution is -2.51. The van der Waals surface area contributed by atoms with Gasteiger partial charge in [-0.1, -0.05) is 0 Å². The lowest BCUT2D eigenvalue weighted by atomic mass is 10.2. The standard InChI is InChI=1S/C21H42N6O3/c1-6-22-19(24-17-18(2)26-13-15-29-16-14-26)23-7-8-25-9-11-27(12-10-25)20(28)30-21(3,4)5/h18H,6-17H2,1-5H3,(H2,22,23,24). The van der Waals surface area contributed by atoms with Gasteiger partial charge in [-0.2, -0.15) is 0 Å². The molecule has 2 aliphatic rings. The van der Waals surface area contributed by atoms with Gasteiger partial charge in [-0.3, -0.25) is 14.8 Å². The van der Waals surface area contributed by atoms with Crippen LogP contribution in [0.3, 0.4) is 0 Å². The van der Waals surface area contributed by atoms with Gasteiger partial charge in [-0.05, 0) is 34.6 Å². The summed E-state index contributed by atoms with van der Waals surface area (Å²) in [5, 5.41) is 6.77. The van der Waals surface area contributed by atoms with E-state index in [1.165, 1.54) is 0 Å². The maximum absolute atomic E-state index is 12.2. The molecule has 0 aliphatic carbocycles. The van der Waals surface area contributed by atoms with E-state index >= 15 is 0 Å². The molecule has 1 unspecified atom stereocenters. The van der Waals surface area contributed by atoms with Crippen molar-refractivity contribution in [2.45, 2.75) is 46.3 Å². The molecule has 1 atom stereocenters. The summed E-state index contributed by atoms with van der Waals surface area (Å²) in [5.74, 6) is 0.866. The number of guanidine groups is 1. The van der Waals surface area contributed by atoms with Gasteiger partial charge in [0, 0.05) is 64.9 Å². The summed E-state index contributed by atoms with van der Waals surface area (Å²) < 4.78 is 10.9. The van der Waals surface area contributed by atoms with Crippen molar-refractivity contribution in [1.82, 2.24) is 25.3 Å². The number of carbonyl (C=O) groups is 1. The summed E-state index contributed by atoms with van der Waals surface area (Å²) in [6, 6.07) is 0.408. The van der Waals surface area contributed by atoms with E-state index < -0.39 is 5.60 Å². The van der Waals surface area contributed by atoms with Crippen LogP contribution in [0.4, 0.5) is 4.79 Å². The molecule has 30 heavy (non-hydrogen) atoms. The molecule has 174 valence electrons. The number of amides is 1. The van der Waals surface area contributed by atoms with E-state index in [1.807, 2.05) is 20.8 Å². The fraction of sp³-hybridized carbons (Fsp3) is 0.905. The first-order valence-electron chi connectivity index (χ1n) is 11.3. The molecule has 0 spiro atoms. The Morgan fingerprint density at radius 2 is 1.77 bits per heavy atom. The van der Waals surface area contributed by atoms with Gasteiger partial charge in [0.15, 0.2) is 5.96 Å². The summed E-state index contributed by atoms with van der Waals surface area (Å²) in [7, 11) is 0. The monoisotopic (exact) mass is 426 g/mol. The van der Waals surface area contributed by atoms with Crippen molar-refractivity contribution in [3.63, 3.8) is 0 Å². The Morgan fingerprint density at radius 3 is 2.37 bits per heavy atom. The fourth-order valence-corrected chi connectivity index (χ4v) is 3.51. The number of morpholine rings is 1. The molecule has 0 radical (unpaired) electrons. The number of hydrogen-bond donors (Lipinski definition) is 2. The molecule has 9 nitrogen and oxygen atoms in total. The quantitative estimate of drug-likeness (QED) is 0.461. The predicted octanol–water partition coefficient (Wildman–Crippen LogP) is 0.815. The number of nitrogens with zero attached hydrogens (tertiary/aromatic N) is 4. The summed E-state index contributed by atoms with van der Waals surface area (Å²) >= 11 is 0. The molecule has 0 aromatic heterocycles. The highest BCUT2D eigenvalue weighted by Gasteiger charge is 2.25. The fourth-order valence-electron chi connectivity index (χ4n) is 3.51. The molecule has 1 amide bonds. The molecule has 0 saturated carbocycles. The highest BCUT2D eigenvalue weighted by molar-refractivity contribution is 5.79. The van der Waals surface area contributed by atoms with E-state index in [2.05, 4.69) is 34.3 Å². The van der Waals surface area contributed by atoms with Crippen molar-refractivity contribution in [2.24, 2.45) is 4.99 Å². The Labute approximate surface area is 182 Å². The molecule has 2 heterocycles. The minimum atomic E-state index is -0.445. The number of nitrogens with one attached hydrogen (secondary N) is 2. The van der Waals surface area contributed by atoms with Gasteiger partial charge >= 0.3 is 6.09 Å². The van der Waals surface area contributed by atoms with Crippen molar-refractivity contribution >= 4 is 12.1 Å². The van der Waals surface area contributed by atoms with Gasteiger partial charge in [0.1, 0.15) is 5.60 Å². The van der Waals surface area contributed by atoms with E-state index in [0.717, 1.165) is 71.5 Å². The van der Waals surface area contributed by atoms with Crippen LogP contribution < -0.4 is 10.6 Å². The van der Waals surface area contributed by atoms with Crippen molar-refractivity contribution in [3.05, 3.63) is 0 Å². The van der Waals surface area contributed by atoms with Crippen LogP contribution >= 0.6 is 0 Å². The minimum absolute atomic E-state index is 0.212. The van der Waals surface area contributed by atoms with Gasteiger partial charge in [0.2, 0.25) is 0 Å². The molecular weight excluding hydrogens is 384 g/mol. The third-order valence-electron chi connectivity index (χ3n) is 5.27. The van der Waals surface area contributed by atoms with Gasteiger partial charge < -0.3 is 25.0 Å². The van der Waals surface area contributed by atoms with Crippen LogP contribution in [0.1, 0.15) is 34.6 Å². The molecule has 2 saturated heterocycles. The largest absolute Gasteiger partial charge is 0.444 e. The van der Waals surface area contributed by atoms with Gasteiger partial charge in [0.25, 0.3) is 0 Å². The van der Waals surface area contributed by atoms with E-state index in [0.29, 0.717) is 19.1 Å². The number of hydrogen-bond acceptors (Lipinski definition) is 6. The van der Waals surface area contributed by atoms with E-state index in [4.69, 9.17) is 14.5 Å². The molecule has 0 bridgehead atoms. The highest BCUT2D eigenvalue weighted by Crippen LogP contribution is 2.11. The van der Waals surface area contributed by atoms with E-state index in [1.54, 1.807) is 4.90 Å². The Bertz CT molecular complexity index is 537. The van der Waals surface area contributed by atoms with Gasteiger partial charge in [-0.15, -0.1) is 0 Å². The molecular formula is C21H42N6O3. The van der Waals surface area contributed by atoms with E-state index in [-0.39, 0.29) is 6.09 Å². The van der Waals surface area contributed by atoms with Crippen LogP contribution in [0.15, 0.2) is 4.99 Å². The Hall–Kier alpha value is -1.58. The zero-order chi connectivity index (χ0) is 22.0. The van der Waals surface area contributed by atoms with Crippen molar-refractivity contribution in [2.75, 3.05) is 78.7 Å². The van der Waals surface area contributed by atoms with Crippen LogP contribution in [-0.4, -0.2) is 117 Å². The highest BCUT2D eigenvalue weighted by atomic mass is 16.6. The average Bonchev–Trinajstić information content (AvgIpc) is 2.71. The minimum Gasteiger partial charge on any atom is -0.444 e. The van der Waals surface area contributed by atoms with Crippen LogP contribution in [0, 0.1) is 0 Å². The van der Waals surface area contributed by atoms with Crippen molar-refractivity contribution in [3.8, 4) is 0 Å². The summed E-state index contributed by atoms with van der Waals surface area (Å²) in [5.41, 5.74) is -0.445. The maximum Gasteiger partial charge on any atom is 0.410 e. The maximum atomic E-state index is 12.2. The summed E-state index contributed by atoms with van der Waals surface area (Å²) in [4.78, 5) is 23.5. The second kappa shape index (κ2) is 12.3. The molecule has 9 heteroatoms.